The molecule has 104 valence electrons. The fraction of sp³-hybridized carbons (Fsp3) is 0. The summed E-state index contributed by atoms with van der Waals surface area (Å²) in [7, 11) is -3.66. The third-order valence-corrected chi connectivity index (χ3v) is 4.11. The monoisotopic (exact) mass is 327 g/mol. The van der Waals surface area contributed by atoms with Crippen molar-refractivity contribution in [2.75, 3.05) is 0 Å². The van der Waals surface area contributed by atoms with Crippen LogP contribution in [-0.2, 0) is 10.0 Å². The molecule has 0 fully saturated rings. The molecular formula is C10H9N5O2S3. The Hall–Kier alpha value is -1.75. The van der Waals surface area contributed by atoms with E-state index in [2.05, 4.69) is 18.9 Å². The zero-order valence-electron chi connectivity index (χ0n) is 9.95. The Bertz CT molecular complexity index is 724. The lowest BCUT2D eigenvalue weighted by molar-refractivity contribution is 0.598. The molecule has 10 heteroatoms. The number of sulfonamides is 1. The predicted octanol–water partition coefficient (Wildman–Crippen LogP) is 1.39. The molecule has 0 radical (unpaired) electrons. The average molecular weight is 327 g/mol. The highest BCUT2D eigenvalue weighted by Gasteiger charge is 2.09. The number of aromatic nitrogens is 4. The Morgan fingerprint density at radius 3 is 2.60 bits per heavy atom. The average Bonchev–Trinajstić information content (AvgIpc) is 3.14. The summed E-state index contributed by atoms with van der Waals surface area (Å²) in [6.45, 7) is 0. The summed E-state index contributed by atoms with van der Waals surface area (Å²) in [5.74, 6) is 0. The summed E-state index contributed by atoms with van der Waals surface area (Å²) >= 11 is 2.55. The maximum absolute atomic E-state index is 11.1. The van der Waals surface area contributed by atoms with Crippen molar-refractivity contribution in [2.45, 2.75) is 4.90 Å². The van der Waals surface area contributed by atoms with Crippen LogP contribution in [0.4, 0.5) is 0 Å². The zero-order chi connectivity index (χ0) is 14.4. The van der Waals surface area contributed by atoms with Gasteiger partial charge in [0.05, 0.1) is 11.1 Å². The van der Waals surface area contributed by atoms with Gasteiger partial charge in [-0.05, 0) is 35.2 Å². The zero-order valence-corrected chi connectivity index (χ0v) is 12.4. The number of hydrogen-bond donors (Lipinski definition) is 1. The van der Waals surface area contributed by atoms with Crippen molar-refractivity contribution < 1.29 is 8.42 Å². The van der Waals surface area contributed by atoms with Crippen LogP contribution in [-0.4, -0.2) is 27.4 Å². The molecule has 0 aliphatic carbocycles. The Morgan fingerprint density at radius 2 is 2.10 bits per heavy atom. The van der Waals surface area contributed by atoms with Gasteiger partial charge in [0.2, 0.25) is 10.0 Å². The highest BCUT2D eigenvalue weighted by molar-refractivity contribution is 7.89. The number of primary sulfonamides is 1. The SMILES string of the molecule is NS(=O)(=O)c1cccc(-c2ncns2)c1.c1csnn1. The Morgan fingerprint density at radius 1 is 1.25 bits per heavy atom. The quantitative estimate of drug-likeness (QED) is 0.761. The molecular weight excluding hydrogens is 318 g/mol. The van der Waals surface area contributed by atoms with E-state index in [-0.39, 0.29) is 4.90 Å². The van der Waals surface area contributed by atoms with Gasteiger partial charge in [-0.3, -0.25) is 0 Å². The number of nitrogens with zero attached hydrogens (tertiary/aromatic N) is 4. The minimum atomic E-state index is -3.66. The molecule has 0 aliphatic heterocycles. The largest absolute Gasteiger partial charge is 0.238 e. The van der Waals surface area contributed by atoms with Crippen LogP contribution in [0.1, 0.15) is 0 Å². The first-order valence-corrected chi connectivity index (χ1v) is 8.34. The van der Waals surface area contributed by atoms with Gasteiger partial charge in [-0.1, -0.05) is 16.6 Å². The van der Waals surface area contributed by atoms with Crippen LogP contribution in [0.5, 0.6) is 0 Å². The van der Waals surface area contributed by atoms with Gasteiger partial charge in [0.25, 0.3) is 0 Å². The minimum Gasteiger partial charge on any atom is -0.225 e. The molecule has 2 N–H and O–H groups in total. The molecule has 0 unspecified atom stereocenters. The maximum atomic E-state index is 11.1. The van der Waals surface area contributed by atoms with Crippen molar-refractivity contribution in [1.29, 1.82) is 0 Å². The topological polar surface area (TPSA) is 112 Å². The van der Waals surface area contributed by atoms with Gasteiger partial charge < -0.3 is 0 Å². The van der Waals surface area contributed by atoms with Crippen molar-refractivity contribution in [3.63, 3.8) is 0 Å². The van der Waals surface area contributed by atoms with E-state index in [9.17, 15) is 8.42 Å². The second-order valence-corrected chi connectivity index (χ2v) is 6.39. The Balaban J connectivity index is 0.000000247. The normalized spacial score (nSPS) is 10.7. The number of rotatable bonds is 2. The Labute approximate surface area is 123 Å². The van der Waals surface area contributed by atoms with Gasteiger partial charge in [0.15, 0.2) is 0 Å². The van der Waals surface area contributed by atoms with Crippen LogP contribution in [0, 0.1) is 0 Å². The van der Waals surface area contributed by atoms with Crippen LogP contribution in [0.2, 0.25) is 0 Å². The van der Waals surface area contributed by atoms with E-state index >= 15 is 0 Å². The van der Waals surface area contributed by atoms with E-state index in [0.29, 0.717) is 10.6 Å². The van der Waals surface area contributed by atoms with E-state index in [4.69, 9.17) is 5.14 Å². The van der Waals surface area contributed by atoms with Gasteiger partial charge in [0, 0.05) is 10.9 Å². The molecule has 20 heavy (non-hydrogen) atoms. The van der Waals surface area contributed by atoms with Gasteiger partial charge in [-0.15, -0.1) is 5.10 Å². The second-order valence-electron chi connectivity index (χ2n) is 3.41. The fourth-order valence-electron chi connectivity index (χ4n) is 1.24. The lowest BCUT2D eigenvalue weighted by atomic mass is 10.2. The van der Waals surface area contributed by atoms with Gasteiger partial charge >= 0.3 is 0 Å². The summed E-state index contributed by atoms with van der Waals surface area (Å²) in [6.07, 6.45) is 3.08. The van der Waals surface area contributed by atoms with Gasteiger partial charge in [-0.25, -0.2) is 18.5 Å². The number of benzene rings is 1. The summed E-state index contributed by atoms with van der Waals surface area (Å²) in [5, 5.41) is 11.0. The minimum absolute atomic E-state index is 0.0789. The molecule has 3 aromatic rings. The highest BCUT2D eigenvalue weighted by Crippen LogP contribution is 2.22. The van der Waals surface area contributed by atoms with Gasteiger partial charge in [0.1, 0.15) is 11.3 Å². The molecule has 0 saturated carbocycles. The molecule has 0 saturated heterocycles. The van der Waals surface area contributed by atoms with Crippen molar-refractivity contribution in [3.05, 3.63) is 42.2 Å². The van der Waals surface area contributed by atoms with Crippen LogP contribution < -0.4 is 5.14 Å². The predicted molar refractivity (Wildman–Crippen MR) is 76.6 cm³/mol. The molecule has 0 spiro atoms. The first-order chi connectivity index (χ1) is 9.57. The number of nitrogens with two attached hydrogens (primary N) is 1. The van der Waals surface area contributed by atoms with E-state index in [1.165, 1.54) is 41.5 Å². The smallest absolute Gasteiger partial charge is 0.225 e. The molecule has 1 aromatic carbocycles. The molecule has 2 aromatic heterocycles. The summed E-state index contributed by atoms with van der Waals surface area (Å²) in [4.78, 5) is 4.06. The lowest BCUT2D eigenvalue weighted by Crippen LogP contribution is -2.11. The second kappa shape index (κ2) is 6.61. The molecule has 2 heterocycles. The fourth-order valence-corrected chi connectivity index (χ4v) is 2.59. The molecule has 0 aliphatic rings. The number of hydrogen-bond acceptors (Lipinski definition) is 8. The Kier molecular flexibility index (Phi) is 4.84. The van der Waals surface area contributed by atoms with Gasteiger partial charge in [-0.2, -0.15) is 4.37 Å². The van der Waals surface area contributed by atoms with E-state index in [0.717, 1.165) is 0 Å². The maximum Gasteiger partial charge on any atom is 0.238 e. The molecule has 0 bridgehead atoms. The highest BCUT2D eigenvalue weighted by atomic mass is 32.2. The van der Waals surface area contributed by atoms with Crippen molar-refractivity contribution >= 4 is 33.1 Å². The summed E-state index contributed by atoms with van der Waals surface area (Å²) < 4.78 is 29.6. The van der Waals surface area contributed by atoms with Crippen LogP contribution in [0.15, 0.2) is 47.1 Å². The van der Waals surface area contributed by atoms with Crippen LogP contribution >= 0.6 is 23.1 Å². The first-order valence-electron chi connectivity index (χ1n) is 5.18. The standard InChI is InChI=1S/C8H7N3O2S2.C2H2N2S/c9-15(12,13)7-3-1-2-6(4-7)8-10-5-11-14-8;1-2-5-4-3-1/h1-5H,(H2,9,12,13);1-2H. The van der Waals surface area contributed by atoms with E-state index < -0.39 is 10.0 Å². The van der Waals surface area contributed by atoms with Crippen LogP contribution in [0.25, 0.3) is 10.6 Å². The first kappa shape index (κ1) is 14.7. The third kappa shape index (κ3) is 4.13. The summed E-state index contributed by atoms with van der Waals surface area (Å²) in [6, 6.07) is 6.31. The summed E-state index contributed by atoms with van der Waals surface area (Å²) in [5.41, 5.74) is 0.698. The van der Waals surface area contributed by atoms with Crippen molar-refractivity contribution in [2.24, 2.45) is 5.14 Å². The molecule has 0 amide bonds. The van der Waals surface area contributed by atoms with Crippen molar-refractivity contribution in [1.82, 2.24) is 18.9 Å². The lowest BCUT2D eigenvalue weighted by Gasteiger charge is -1.99. The third-order valence-electron chi connectivity index (χ3n) is 2.05. The van der Waals surface area contributed by atoms with Crippen molar-refractivity contribution in [3.8, 4) is 10.6 Å². The van der Waals surface area contributed by atoms with E-state index in [1.807, 2.05) is 5.38 Å². The molecule has 3 rings (SSSR count). The molecule has 0 atom stereocenters. The van der Waals surface area contributed by atoms with Crippen LogP contribution in [0.3, 0.4) is 0 Å². The van der Waals surface area contributed by atoms with E-state index in [1.54, 1.807) is 18.3 Å². The molecule has 7 nitrogen and oxygen atoms in total.